The van der Waals surface area contributed by atoms with Gasteiger partial charge in [0.25, 0.3) is 0 Å². The molecule has 2 aromatic carbocycles. The van der Waals surface area contributed by atoms with E-state index in [0.29, 0.717) is 27.5 Å². The van der Waals surface area contributed by atoms with Gasteiger partial charge in [0.15, 0.2) is 12.4 Å². The zero-order chi connectivity index (χ0) is 17.6. The molecule has 0 amide bonds. The highest BCUT2D eigenvalue weighted by atomic mass is 35.5. The Morgan fingerprint density at radius 2 is 1.88 bits per heavy atom. The standard InChI is InChI=1S/C19H12Cl2N2O2/c20-15-5-3-14(4-6-15)18-12-23-19(25-18)17(21)11-13-1-7-16(8-2-13)24-10-9-22/h1-8,11-12H,10H2/b17-11-. The van der Waals surface area contributed by atoms with Crippen LogP contribution in [0.25, 0.3) is 22.4 Å². The molecule has 124 valence electrons. The molecule has 0 aliphatic rings. The van der Waals surface area contributed by atoms with Crippen LogP contribution in [0.4, 0.5) is 0 Å². The molecule has 0 saturated heterocycles. The normalized spacial score (nSPS) is 11.2. The van der Waals surface area contributed by atoms with Crippen molar-refractivity contribution in [1.82, 2.24) is 4.98 Å². The van der Waals surface area contributed by atoms with Gasteiger partial charge in [-0.25, -0.2) is 4.98 Å². The van der Waals surface area contributed by atoms with E-state index in [-0.39, 0.29) is 6.61 Å². The van der Waals surface area contributed by atoms with Crippen molar-refractivity contribution in [1.29, 1.82) is 5.26 Å². The summed E-state index contributed by atoms with van der Waals surface area (Å²) in [4.78, 5) is 4.21. The van der Waals surface area contributed by atoms with Gasteiger partial charge in [-0.05, 0) is 48.0 Å². The first-order valence-corrected chi connectivity index (χ1v) is 8.10. The molecule has 0 N–H and O–H groups in total. The molecule has 3 aromatic rings. The number of ether oxygens (including phenoxy) is 1. The third-order valence-corrected chi connectivity index (χ3v) is 3.84. The molecular formula is C19H12Cl2N2O2. The molecule has 0 aliphatic carbocycles. The van der Waals surface area contributed by atoms with Gasteiger partial charge in [-0.1, -0.05) is 35.3 Å². The number of aromatic nitrogens is 1. The molecule has 25 heavy (non-hydrogen) atoms. The average Bonchev–Trinajstić information content (AvgIpc) is 3.12. The molecule has 0 atom stereocenters. The van der Waals surface area contributed by atoms with Gasteiger partial charge >= 0.3 is 0 Å². The Morgan fingerprint density at radius 1 is 1.16 bits per heavy atom. The predicted octanol–water partition coefficient (Wildman–Crippen LogP) is 5.63. The topological polar surface area (TPSA) is 59.0 Å². The summed E-state index contributed by atoms with van der Waals surface area (Å²) in [7, 11) is 0. The van der Waals surface area contributed by atoms with Crippen LogP contribution >= 0.6 is 23.2 Å². The highest BCUT2D eigenvalue weighted by Gasteiger charge is 2.09. The smallest absolute Gasteiger partial charge is 0.238 e. The van der Waals surface area contributed by atoms with Crippen molar-refractivity contribution in [3.05, 3.63) is 71.2 Å². The molecule has 0 saturated carbocycles. The van der Waals surface area contributed by atoms with E-state index < -0.39 is 0 Å². The minimum atomic E-state index is 0.0136. The van der Waals surface area contributed by atoms with Gasteiger partial charge < -0.3 is 9.15 Å². The summed E-state index contributed by atoms with van der Waals surface area (Å²) in [5.41, 5.74) is 1.73. The third-order valence-electron chi connectivity index (χ3n) is 3.32. The predicted molar refractivity (Wildman–Crippen MR) is 98.2 cm³/mol. The van der Waals surface area contributed by atoms with Crippen LogP contribution in [0.1, 0.15) is 11.5 Å². The minimum Gasteiger partial charge on any atom is -0.479 e. The van der Waals surface area contributed by atoms with Gasteiger partial charge in [0, 0.05) is 10.6 Å². The van der Waals surface area contributed by atoms with Crippen molar-refractivity contribution in [2.24, 2.45) is 0 Å². The Morgan fingerprint density at radius 3 is 2.56 bits per heavy atom. The van der Waals surface area contributed by atoms with Gasteiger partial charge in [-0.3, -0.25) is 0 Å². The average molecular weight is 371 g/mol. The Kier molecular flexibility index (Phi) is 5.39. The van der Waals surface area contributed by atoms with Crippen molar-refractivity contribution in [2.45, 2.75) is 0 Å². The lowest BCUT2D eigenvalue weighted by Gasteiger charge is -2.01. The van der Waals surface area contributed by atoms with Crippen LogP contribution in [0.15, 0.2) is 59.1 Å². The summed E-state index contributed by atoms with van der Waals surface area (Å²) >= 11 is 12.2. The summed E-state index contributed by atoms with van der Waals surface area (Å²) in [6.45, 7) is 0.0136. The molecule has 3 rings (SSSR count). The highest BCUT2D eigenvalue weighted by molar-refractivity contribution is 6.50. The molecule has 0 spiro atoms. The quantitative estimate of drug-likeness (QED) is 0.583. The van der Waals surface area contributed by atoms with E-state index in [0.717, 1.165) is 11.1 Å². The van der Waals surface area contributed by atoms with Crippen molar-refractivity contribution >= 4 is 34.3 Å². The Labute approximate surface area is 154 Å². The Balaban J connectivity index is 1.76. The van der Waals surface area contributed by atoms with Gasteiger partial charge in [0.05, 0.1) is 6.20 Å². The second kappa shape index (κ2) is 7.89. The number of hydrogen-bond acceptors (Lipinski definition) is 4. The van der Waals surface area contributed by atoms with Crippen LogP contribution in [0, 0.1) is 11.3 Å². The maximum absolute atomic E-state index is 8.50. The Hall–Kier alpha value is -2.74. The third kappa shape index (κ3) is 4.42. The molecule has 1 heterocycles. The lowest BCUT2D eigenvalue weighted by Crippen LogP contribution is -1.92. The largest absolute Gasteiger partial charge is 0.479 e. The van der Waals surface area contributed by atoms with E-state index in [2.05, 4.69) is 4.98 Å². The van der Waals surface area contributed by atoms with Crippen LogP contribution in [0.5, 0.6) is 5.75 Å². The van der Waals surface area contributed by atoms with Gasteiger partial charge in [-0.15, -0.1) is 0 Å². The second-order valence-corrected chi connectivity index (χ2v) is 5.89. The number of rotatable bonds is 5. The van der Waals surface area contributed by atoms with Crippen molar-refractivity contribution in [3.63, 3.8) is 0 Å². The molecule has 0 aliphatic heterocycles. The molecule has 6 heteroatoms. The van der Waals surface area contributed by atoms with E-state index in [1.807, 2.05) is 30.3 Å². The maximum Gasteiger partial charge on any atom is 0.238 e. The lowest BCUT2D eigenvalue weighted by atomic mass is 10.2. The van der Waals surface area contributed by atoms with Crippen molar-refractivity contribution in [3.8, 4) is 23.1 Å². The second-order valence-electron chi connectivity index (χ2n) is 5.04. The SMILES string of the molecule is N#CCOc1ccc(/C=C(\Cl)c2ncc(-c3ccc(Cl)cc3)o2)cc1. The van der Waals surface area contributed by atoms with E-state index >= 15 is 0 Å². The number of oxazole rings is 1. The van der Waals surface area contributed by atoms with Gasteiger partial charge in [0.2, 0.25) is 5.89 Å². The number of benzene rings is 2. The first kappa shape index (κ1) is 17.1. The molecule has 0 unspecified atom stereocenters. The lowest BCUT2D eigenvalue weighted by molar-refractivity contribution is 0.368. The zero-order valence-corrected chi connectivity index (χ0v) is 14.5. The monoisotopic (exact) mass is 370 g/mol. The summed E-state index contributed by atoms with van der Waals surface area (Å²) < 4.78 is 10.9. The van der Waals surface area contributed by atoms with Gasteiger partial charge in [-0.2, -0.15) is 5.26 Å². The first-order valence-electron chi connectivity index (χ1n) is 7.35. The Bertz CT molecular complexity index is 923. The molecule has 1 aromatic heterocycles. The number of nitriles is 1. The van der Waals surface area contributed by atoms with E-state index in [4.69, 9.17) is 37.6 Å². The van der Waals surface area contributed by atoms with E-state index in [1.165, 1.54) is 0 Å². The molecular weight excluding hydrogens is 359 g/mol. The van der Waals surface area contributed by atoms with Gasteiger partial charge in [0.1, 0.15) is 16.9 Å². The minimum absolute atomic E-state index is 0.0136. The molecule has 4 nitrogen and oxygen atoms in total. The molecule has 0 bridgehead atoms. The van der Waals surface area contributed by atoms with Crippen LogP contribution in [-0.2, 0) is 0 Å². The summed E-state index contributed by atoms with van der Waals surface area (Å²) in [6.07, 6.45) is 3.36. The summed E-state index contributed by atoms with van der Waals surface area (Å²) in [5, 5.41) is 9.54. The highest BCUT2D eigenvalue weighted by Crippen LogP contribution is 2.28. The zero-order valence-electron chi connectivity index (χ0n) is 12.9. The molecule has 0 radical (unpaired) electrons. The molecule has 0 fully saturated rings. The van der Waals surface area contributed by atoms with E-state index in [1.54, 1.807) is 36.5 Å². The van der Waals surface area contributed by atoms with Crippen LogP contribution in [0.2, 0.25) is 5.02 Å². The number of hydrogen-bond donors (Lipinski definition) is 0. The van der Waals surface area contributed by atoms with Crippen LogP contribution in [-0.4, -0.2) is 11.6 Å². The first-order chi connectivity index (χ1) is 12.2. The van der Waals surface area contributed by atoms with E-state index in [9.17, 15) is 0 Å². The fraction of sp³-hybridized carbons (Fsp3) is 0.0526. The van der Waals surface area contributed by atoms with Crippen molar-refractivity contribution < 1.29 is 9.15 Å². The van der Waals surface area contributed by atoms with Crippen LogP contribution in [0.3, 0.4) is 0 Å². The van der Waals surface area contributed by atoms with Crippen LogP contribution < -0.4 is 4.74 Å². The summed E-state index contributed by atoms with van der Waals surface area (Å²) in [5.74, 6) is 1.56. The maximum atomic E-state index is 8.50. The fourth-order valence-corrected chi connectivity index (χ4v) is 2.46. The van der Waals surface area contributed by atoms with Crippen molar-refractivity contribution in [2.75, 3.05) is 6.61 Å². The summed E-state index contributed by atoms with van der Waals surface area (Å²) in [6, 6.07) is 16.4. The number of halogens is 2. The number of nitrogens with zero attached hydrogens (tertiary/aromatic N) is 2. The fourth-order valence-electron chi connectivity index (χ4n) is 2.12.